The van der Waals surface area contributed by atoms with E-state index in [1.807, 2.05) is 0 Å². The number of amides is 1. The summed E-state index contributed by atoms with van der Waals surface area (Å²) in [6.45, 7) is 3.02. The lowest BCUT2D eigenvalue weighted by atomic mass is 9.94. The van der Waals surface area contributed by atoms with Gasteiger partial charge in [-0.15, -0.1) is 0 Å². The molecule has 0 aromatic carbocycles. The highest BCUT2D eigenvalue weighted by Gasteiger charge is 2.27. The Morgan fingerprint density at radius 1 is 1.47 bits per heavy atom. The summed E-state index contributed by atoms with van der Waals surface area (Å²) < 4.78 is 0. The first kappa shape index (κ1) is 13.4. The number of carboxylic acid groups (broad SMARTS) is 1. The normalized spacial score (nSPS) is 11.0. The molecule has 0 aliphatic rings. The number of hydrogen-bond donors (Lipinski definition) is 2. The Hall–Kier alpha value is -1.69. The van der Waals surface area contributed by atoms with Crippen molar-refractivity contribution in [2.45, 2.75) is 13.8 Å². The molecule has 0 saturated heterocycles. The maximum Gasteiger partial charge on any atom is 0.310 e. The topological polar surface area (TPSA) is 92.2 Å². The molecule has 1 rings (SSSR count). The van der Waals surface area contributed by atoms with Gasteiger partial charge in [-0.1, -0.05) is 11.6 Å². The molecule has 2 N–H and O–H groups in total. The van der Waals surface area contributed by atoms with Crippen LogP contribution < -0.4 is 5.32 Å². The van der Waals surface area contributed by atoms with Gasteiger partial charge in [0.1, 0.15) is 10.8 Å². The molecule has 0 saturated carbocycles. The van der Waals surface area contributed by atoms with Crippen molar-refractivity contribution in [3.8, 4) is 0 Å². The Kier molecular flexibility index (Phi) is 4.01. The number of aliphatic carboxylic acids is 1. The van der Waals surface area contributed by atoms with E-state index < -0.39 is 17.3 Å². The third-order valence-corrected chi connectivity index (χ3v) is 2.29. The van der Waals surface area contributed by atoms with Crippen molar-refractivity contribution in [2.24, 2.45) is 5.41 Å². The number of carbonyl (C=O) groups excluding carboxylic acids is 1. The predicted molar refractivity (Wildman–Crippen MR) is 60.8 cm³/mol. The summed E-state index contributed by atoms with van der Waals surface area (Å²) in [5.41, 5.74) is -0.986. The van der Waals surface area contributed by atoms with Crippen LogP contribution >= 0.6 is 11.6 Å². The zero-order valence-electron chi connectivity index (χ0n) is 9.40. The molecule has 1 heterocycles. The van der Waals surface area contributed by atoms with Crippen molar-refractivity contribution in [2.75, 3.05) is 6.54 Å². The first-order chi connectivity index (χ1) is 7.83. The van der Waals surface area contributed by atoms with Crippen LogP contribution in [-0.2, 0) is 4.79 Å². The van der Waals surface area contributed by atoms with Crippen molar-refractivity contribution in [1.82, 2.24) is 15.3 Å². The lowest BCUT2D eigenvalue weighted by Crippen LogP contribution is -2.39. The van der Waals surface area contributed by atoms with Crippen LogP contribution in [0.2, 0.25) is 5.15 Å². The summed E-state index contributed by atoms with van der Waals surface area (Å²) in [5, 5.41) is 11.4. The van der Waals surface area contributed by atoms with E-state index in [1.165, 1.54) is 26.2 Å². The van der Waals surface area contributed by atoms with Gasteiger partial charge in [0.15, 0.2) is 0 Å². The van der Waals surface area contributed by atoms with E-state index in [9.17, 15) is 9.59 Å². The number of carboxylic acids is 1. The zero-order valence-corrected chi connectivity index (χ0v) is 10.2. The second-order valence-corrected chi connectivity index (χ2v) is 4.49. The number of aromatic nitrogens is 2. The summed E-state index contributed by atoms with van der Waals surface area (Å²) in [5.74, 6) is -1.50. The first-order valence-corrected chi connectivity index (χ1v) is 5.20. The minimum Gasteiger partial charge on any atom is -0.481 e. The van der Waals surface area contributed by atoms with Crippen LogP contribution in [0, 0.1) is 5.41 Å². The molecule has 0 fully saturated rings. The third kappa shape index (κ3) is 3.67. The van der Waals surface area contributed by atoms with E-state index in [0.717, 1.165) is 0 Å². The third-order valence-electron chi connectivity index (χ3n) is 2.11. The lowest BCUT2D eigenvalue weighted by molar-refractivity contribution is -0.146. The molecule has 1 aromatic rings. The molecular weight excluding hydrogens is 246 g/mol. The Morgan fingerprint density at radius 3 is 2.65 bits per heavy atom. The molecule has 0 aliphatic heterocycles. The fourth-order valence-electron chi connectivity index (χ4n) is 0.919. The highest BCUT2D eigenvalue weighted by atomic mass is 35.5. The van der Waals surface area contributed by atoms with Crippen LogP contribution in [-0.4, -0.2) is 33.5 Å². The molecule has 0 spiro atoms. The number of halogens is 1. The molecule has 1 amide bonds. The Labute approximate surface area is 103 Å². The van der Waals surface area contributed by atoms with Crippen molar-refractivity contribution in [3.63, 3.8) is 0 Å². The summed E-state index contributed by atoms with van der Waals surface area (Å²) >= 11 is 5.58. The van der Waals surface area contributed by atoms with E-state index in [1.54, 1.807) is 0 Å². The van der Waals surface area contributed by atoms with Crippen LogP contribution in [0.15, 0.2) is 12.4 Å². The Balaban J connectivity index is 2.65. The maximum absolute atomic E-state index is 11.6. The summed E-state index contributed by atoms with van der Waals surface area (Å²) in [6, 6.07) is 0. The number of hydrogen-bond acceptors (Lipinski definition) is 4. The fourth-order valence-corrected chi connectivity index (χ4v) is 1.07. The van der Waals surface area contributed by atoms with Crippen LogP contribution in [0.25, 0.3) is 0 Å². The minimum absolute atomic E-state index is 0.00460. The number of nitrogens with zero attached hydrogens (tertiary/aromatic N) is 2. The van der Waals surface area contributed by atoms with Gasteiger partial charge in [0.05, 0.1) is 17.8 Å². The highest BCUT2D eigenvalue weighted by molar-refractivity contribution is 6.29. The van der Waals surface area contributed by atoms with Crippen LogP contribution in [0.5, 0.6) is 0 Å². The monoisotopic (exact) mass is 257 g/mol. The average Bonchev–Trinajstić information content (AvgIpc) is 2.25. The van der Waals surface area contributed by atoms with E-state index >= 15 is 0 Å². The van der Waals surface area contributed by atoms with E-state index in [4.69, 9.17) is 16.7 Å². The largest absolute Gasteiger partial charge is 0.481 e. The average molecular weight is 258 g/mol. The molecule has 0 atom stereocenters. The molecule has 0 radical (unpaired) electrons. The first-order valence-electron chi connectivity index (χ1n) is 4.82. The zero-order chi connectivity index (χ0) is 13.1. The standard InChI is InChI=1S/C10H12ClN3O3/c1-10(2,9(16)17)5-13-8(15)6-3-12-4-7(11)14-6/h3-4H,5H2,1-2H3,(H,13,15)(H,16,17). The van der Waals surface area contributed by atoms with Crippen LogP contribution in [0.3, 0.4) is 0 Å². The van der Waals surface area contributed by atoms with Gasteiger partial charge in [-0.05, 0) is 13.8 Å². The molecule has 17 heavy (non-hydrogen) atoms. The van der Waals surface area contributed by atoms with Gasteiger partial charge in [0.2, 0.25) is 0 Å². The molecular formula is C10H12ClN3O3. The highest BCUT2D eigenvalue weighted by Crippen LogP contribution is 2.13. The Morgan fingerprint density at radius 2 is 2.12 bits per heavy atom. The van der Waals surface area contributed by atoms with Crippen molar-refractivity contribution in [3.05, 3.63) is 23.2 Å². The summed E-state index contributed by atoms with van der Waals surface area (Å²) in [6.07, 6.45) is 2.56. The van der Waals surface area contributed by atoms with Crippen molar-refractivity contribution < 1.29 is 14.7 Å². The molecule has 92 valence electrons. The number of carbonyl (C=O) groups is 2. The second-order valence-electron chi connectivity index (χ2n) is 4.10. The van der Waals surface area contributed by atoms with Gasteiger partial charge in [0.25, 0.3) is 5.91 Å². The van der Waals surface area contributed by atoms with Crippen LogP contribution in [0.4, 0.5) is 0 Å². The van der Waals surface area contributed by atoms with E-state index in [2.05, 4.69) is 15.3 Å². The van der Waals surface area contributed by atoms with Gasteiger partial charge in [-0.2, -0.15) is 0 Å². The van der Waals surface area contributed by atoms with Gasteiger partial charge < -0.3 is 10.4 Å². The molecule has 0 bridgehead atoms. The van der Waals surface area contributed by atoms with Crippen molar-refractivity contribution >= 4 is 23.5 Å². The number of rotatable bonds is 4. The molecule has 6 nitrogen and oxygen atoms in total. The van der Waals surface area contributed by atoms with Gasteiger partial charge in [-0.25, -0.2) is 4.98 Å². The fraction of sp³-hybridized carbons (Fsp3) is 0.400. The van der Waals surface area contributed by atoms with E-state index in [0.29, 0.717) is 0 Å². The summed E-state index contributed by atoms with van der Waals surface area (Å²) in [7, 11) is 0. The second kappa shape index (κ2) is 5.09. The van der Waals surface area contributed by atoms with Gasteiger partial charge >= 0.3 is 5.97 Å². The van der Waals surface area contributed by atoms with E-state index in [-0.39, 0.29) is 17.4 Å². The Bertz CT molecular complexity index is 448. The predicted octanol–water partition coefficient (Wildman–Crippen LogP) is 0.971. The minimum atomic E-state index is -1.04. The molecule has 7 heteroatoms. The molecule has 0 unspecified atom stereocenters. The maximum atomic E-state index is 11.6. The molecule has 0 aliphatic carbocycles. The SMILES string of the molecule is CC(C)(CNC(=O)c1cncc(Cl)n1)C(=O)O. The van der Waals surface area contributed by atoms with Gasteiger partial charge in [0, 0.05) is 6.54 Å². The lowest BCUT2D eigenvalue weighted by Gasteiger charge is -2.19. The van der Waals surface area contributed by atoms with Crippen LogP contribution in [0.1, 0.15) is 24.3 Å². The number of nitrogens with one attached hydrogen (secondary N) is 1. The quantitative estimate of drug-likeness (QED) is 0.839. The summed E-state index contributed by atoms with van der Waals surface area (Å²) in [4.78, 5) is 29.9. The van der Waals surface area contributed by atoms with Gasteiger partial charge in [-0.3, -0.25) is 14.6 Å². The smallest absolute Gasteiger partial charge is 0.310 e. The van der Waals surface area contributed by atoms with Crippen molar-refractivity contribution in [1.29, 1.82) is 0 Å². The molecule has 1 aromatic heterocycles.